The van der Waals surface area contributed by atoms with Crippen molar-refractivity contribution in [3.05, 3.63) is 115 Å². The van der Waals surface area contributed by atoms with E-state index in [0.29, 0.717) is 18.0 Å². The molecule has 0 N–H and O–H groups in total. The minimum Gasteiger partial charge on any atom is -0.497 e. The Balaban J connectivity index is 1.83. The molecule has 202 valence electrons. The molecule has 4 aromatic carbocycles. The average molecular weight is 533 g/mol. The summed E-state index contributed by atoms with van der Waals surface area (Å²) in [4.78, 5) is 15.6. The fraction of sp³-hybridized carbons (Fsp3) is 0.147. The van der Waals surface area contributed by atoms with Crippen LogP contribution in [0, 0.1) is 0 Å². The minimum absolute atomic E-state index is 0.0505. The highest BCUT2D eigenvalue weighted by Gasteiger charge is 2.28. The molecule has 1 amide bonds. The number of anilines is 2. The van der Waals surface area contributed by atoms with Gasteiger partial charge in [0.15, 0.2) is 0 Å². The van der Waals surface area contributed by atoms with Gasteiger partial charge in [0.05, 0.1) is 31.3 Å². The number of hydrogen-bond donors (Lipinski definition) is 0. The van der Waals surface area contributed by atoms with Crippen molar-refractivity contribution < 1.29 is 19.0 Å². The SMILES string of the molecule is CCOCC(=O)N(c1ccc(OC)cc1)c1cc(-c2ccccc2)n(-c2ccc(OC)cc2)c1-c1ccccc1. The lowest BCUT2D eigenvalue weighted by atomic mass is 10.1. The molecule has 0 aliphatic heterocycles. The summed E-state index contributed by atoms with van der Waals surface area (Å²) in [5, 5.41) is 0. The highest BCUT2D eigenvalue weighted by atomic mass is 16.5. The molecule has 0 radical (unpaired) electrons. The topological polar surface area (TPSA) is 52.9 Å². The van der Waals surface area contributed by atoms with Gasteiger partial charge in [0.25, 0.3) is 5.91 Å². The molecule has 0 unspecified atom stereocenters. The second-order valence-corrected chi connectivity index (χ2v) is 9.09. The fourth-order valence-electron chi connectivity index (χ4n) is 4.76. The smallest absolute Gasteiger partial charge is 0.257 e. The highest BCUT2D eigenvalue weighted by Crippen LogP contribution is 2.43. The van der Waals surface area contributed by atoms with Crippen LogP contribution in [-0.4, -0.2) is 37.9 Å². The number of methoxy groups -OCH3 is 2. The van der Waals surface area contributed by atoms with E-state index in [0.717, 1.165) is 39.6 Å². The lowest BCUT2D eigenvalue weighted by Gasteiger charge is -2.24. The summed E-state index contributed by atoms with van der Waals surface area (Å²) in [5.41, 5.74) is 6.22. The summed E-state index contributed by atoms with van der Waals surface area (Å²) in [5.74, 6) is 1.31. The molecular weight excluding hydrogens is 500 g/mol. The van der Waals surface area contributed by atoms with Gasteiger partial charge in [0.1, 0.15) is 18.1 Å². The number of ether oxygens (including phenoxy) is 3. The number of carbonyl (C=O) groups is 1. The first kappa shape index (κ1) is 26.8. The number of rotatable bonds is 10. The van der Waals surface area contributed by atoms with Crippen molar-refractivity contribution in [1.82, 2.24) is 4.57 Å². The van der Waals surface area contributed by atoms with E-state index in [2.05, 4.69) is 34.9 Å². The Morgan fingerprint density at radius 3 is 1.82 bits per heavy atom. The first-order valence-electron chi connectivity index (χ1n) is 13.2. The maximum atomic E-state index is 13.9. The molecule has 1 aromatic heterocycles. The first-order valence-corrected chi connectivity index (χ1v) is 13.2. The van der Waals surface area contributed by atoms with Gasteiger partial charge in [-0.05, 0) is 67.1 Å². The Bertz CT molecular complexity index is 1540. The van der Waals surface area contributed by atoms with Crippen LogP contribution in [0.25, 0.3) is 28.2 Å². The number of amides is 1. The van der Waals surface area contributed by atoms with E-state index < -0.39 is 0 Å². The Hall–Kier alpha value is -4.81. The Morgan fingerprint density at radius 1 is 0.725 bits per heavy atom. The molecule has 0 bridgehead atoms. The maximum Gasteiger partial charge on any atom is 0.257 e. The molecule has 6 nitrogen and oxygen atoms in total. The third kappa shape index (κ3) is 5.48. The van der Waals surface area contributed by atoms with E-state index in [-0.39, 0.29) is 12.5 Å². The third-order valence-corrected chi connectivity index (χ3v) is 6.68. The molecule has 0 saturated carbocycles. The molecule has 0 fully saturated rings. The zero-order chi connectivity index (χ0) is 27.9. The zero-order valence-electron chi connectivity index (χ0n) is 22.9. The van der Waals surface area contributed by atoms with Gasteiger partial charge in [0, 0.05) is 23.5 Å². The Labute approximate surface area is 235 Å². The quantitative estimate of drug-likeness (QED) is 0.187. The van der Waals surface area contributed by atoms with E-state index >= 15 is 0 Å². The van der Waals surface area contributed by atoms with Crippen LogP contribution >= 0.6 is 0 Å². The lowest BCUT2D eigenvalue weighted by Crippen LogP contribution is -2.30. The molecule has 1 heterocycles. The van der Waals surface area contributed by atoms with Crippen LogP contribution in [0.5, 0.6) is 11.5 Å². The average Bonchev–Trinajstić information content (AvgIpc) is 3.41. The second kappa shape index (κ2) is 12.4. The van der Waals surface area contributed by atoms with Crippen LogP contribution in [0.2, 0.25) is 0 Å². The van der Waals surface area contributed by atoms with Gasteiger partial charge in [-0.3, -0.25) is 9.69 Å². The van der Waals surface area contributed by atoms with Gasteiger partial charge >= 0.3 is 0 Å². The molecule has 6 heteroatoms. The molecule has 0 atom stereocenters. The van der Waals surface area contributed by atoms with Crippen LogP contribution in [0.4, 0.5) is 11.4 Å². The van der Waals surface area contributed by atoms with Crippen LogP contribution in [0.3, 0.4) is 0 Å². The summed E-state index contributed by atoms with van der Waals surface area (Å²) in [7, 11) is 3.28. The monoisotopic (exact) mass is 532 g/mol. The summed E-state index contributed by atoms with van der Waals surface area (Å²) in [6.45, 7) is 2.27. The van der Waals surface area contributed by atoms with E-state index in [1.807, 2.05) is 91.9 Å². The zero-order valence-corrected chi connectivity index (χ0v) is 22.9. The largest absolute Gasteiger partial charge is 0.497 e. The molecule has 40 heavy (non-hydrogen) atoms. The van der Waals surface area contributed by atoms with Gasteiger partial charge in [-0.2, -0.15) is 0 Å². The van der Waals surface area contributed by atoms with Crippen LogP contribution in [-0.2, 0) is 9.53 Å². The van der Waals surface area contributed by atoms with E-state index in [1.54, 1.807) is 19.1 Å². The molecule has 5 rings (SSSR count). The van der Waals surface area contributed by atoms with Crippen molar-refractivity contribution in [2.75, 3.05) is 32.3 Å². The van der Waals surface area contributed by atoms with Crippen LogP contribution < -0.4 is 14.4 Å². The van der Waals surface area contributed by atoms with Gasteiger partial charge < -0.3 is 18.8 Å². The third-order valence-electron chi connectivity index (χ3n) is 6.68. The standard InChI is InChI=1S/C34H32N2O4/c1-4-40-24-33(37)35(27-15-19-29(38-2)20-16-27)32-23-31(25-11-7-5-8-12-25)36(28-17-21-30(39-3)22-18-28)34(32)26-13-9-6-10-14-26/h5-23H,4,24H2,1-3H3. The van der Waals surface area contributed by atoms with Gasteiger partial charge in [-0.15, -0.1) is 0 Å². The highest BCUT2D eigenvalue weighted by molar-refractivity contribution is 6.05. The van der Waals surface area contributed by atoms with Crippen molar-refractivity contribution in [2.24, 2.45) is 0 Å². The summed E-state index contributed by atoms with van der Waals surface area (Å²) >= 11 is 0. The molecular formula is C34H32N2O4. The summed E-state index contributed by atoms with van der Waals surface area (Å²) < 4.78 is 18.6. The Kier molecular flexibility index (Phi) is 8.28. The number of aromatic nitrogens is 1. The van der Waals surface area contributed by atoms with Gasteiger partial charge in [-0.1, -0.05) is 60.7 Å². The van der Waals surface area contributed by atoms with E-state index in [9.17, 15) is 4.79 Å². The molecule has 0 spiro atoms. The van der Waals surface area contributed by atoms with E-state index in [1.165, 1.54) is 0 Å². The first-order chi connectivity index (χ1) is 19.6. The van der Waals surface area contributed by atoms with E-state index in [4.69, 9.17) is 14.2 Å². The van der Waals surface area contributed by atoms with Gasteiger partial charge in [-0.25, -0.2) is 0 Å². The van der Waals surface area contributed by atoms with Crippen LogP contribution in [0.15, 0.2) is 115 Å². The maximum absolute atomic E-state index is 13.9. The number of nitrogens with zero attached hydrogens (tertiary/aromatic N) is 2. The van der Waals surface area contributed by atoms with Crippen molar-refractivity contribution in [3.8, 4) is 39.7 Å². The summed E-state index contributed by atoms with van der Waals surface area (Å²) in [6, 6.07) is 37.8. The Morgan fingerprint density at radius 2 is 1.27 bits per heavy atom. The molecule has 0 aliphatic rings. The second-order valence-electron chi connectivity index (χ2n) is 9.09. The predicted octanol–water partition coefficient (Wildman–Crippen LogP) is 7.53. The molecule has 0 aliphatic carbocycles. The number of hydrogen-bond acceptors (Lipinski definition) is 4. The molecule has 5 aromatic rings. The summed E-state index contributed by atoms with van der Waals surface area (Å²) in [6.07, 6.45) is 0. The van der Waals surface area contributed by atoms with Crippen molar-refractivity contribution in [1.29, 1.82) is 0 Å². The van der Waals surface area contributed by atoms with Crippen molar-refractivity contribution >= 4 is 17.3 Å². The fourth-order valence-corrected chi connectivity index (χ4v) is 4.76. The van der Waals surface area contributed by atoms with Crippen molar-refractivity contribution in [2.45, 2.75) is 6.92 Å². The number of benzene rings is 4. The van der Waals surface area contributed by atoms with Gasteiger partial charge in [0.2, 0.25) is 0 Å². The van der Waals surface area contributed by atoms with Crippen molar-refractivity contribution in [3.63, 3.8) is 0 Å². The predicted molar refractivity (Wildman–Crippen MR) is 160 cm³/mol. The number of carbonyl (C=O) groups excluding carboxylic acids is 1. The normalized spacial score (nSPS) is 10.8. The minimum atomic E-state index is -0.171. The molecule has 0 saturated heterocycles. The van der Waals surface area contributed by atoms with Crippen LogP contribution in [0.1, 0.15) is 6.92 Å². The lowest BCUT2D eigenvalue weighted by molar-refractivity contribution is -0.122.